The summed E-state index contributed by atoms with van der Waals surface area (Å²) in [5, 5.41) is 40.1. The van der Waals surface area contributed by atoms with Crippen LogP contribution < -0.4 is 5.73 Å². The highest BCUT2D eigenvalue weighted by Gasteiger charge is 2.48. The van der Waals surface area contributed by atoms with Gasteiger partial charge in [0.05, 0.1) is 19.8 Å². The Morgan fingerprint density at radius 2 is 1.67 bits per heavy atom. The first-order valence-electron chi connectivity index (χ1n) is 10.7. The lowest BCUT2D eigenvalue weighted by Crippen LogP contribution is -2.40. The molecule has 1 amide bonds. The molecule has 6 N–H and O–H groups in total. The van der Waals surface area contributed by atoms with Crippen molar-refractivity contribution in [2.45, 2.75) is 49.3 Å². The maximum Gasteiger partial charge on any atom is 0.483 e. The van der Waals surface area contributed by atoms with Gasteiger partial charge in [-0.3, -0.25) is 22.9 Å². The number of carbonyl (C=O) groups excluding carboxylic acids is 1. The number of aliphatic hydroxyl groups is 4. The van der Waals surface area contributed by atoms with E-state index in [1.165, 1.54) is 17.3 Å². The molecule has 0 radical (unpaired) electrons. The number of nitrogens with zero attached hydrogens (tertiary/aromatic N) is 1. The Kier molecular flexibility index (Phi) is 9.85. The van der Waals surface area contributed by atoms with Crippen LogP contribution in [0.25, 0.3) is 0 Å². The van der Waals surface area contributed by atoms with Gasteiger partial charge < -0.3 is 40.5 Å². The smallest absolute Gasteiger partial charge is 0.388 e. The van der Waals surface area contributed by atoms with Crippen LogP contribution in [-0.4, -0.2) is 108 Å². The predicted molar refractivity (Wildman–Crippen MR) is 118 cm³/mol. The summed E-state index contributed by atoms with van der Waals surface area (Å²) >= 11 is 0. The highest BCUT2D eigenvalue weighted by Crippen LogP contribution is 2.65. The molecular formula is C18H30N2O14P2. The van der Waals surface area contributed by atoms with Crippen LogP contribution >= 0.6 is 15.6 Å². The van der Waals surface area contributed by atoms with Crippen molar-refractivity contribution in [3.05, 3.63) is 24.0 Å². The Hall–Kier alpha value is -1.23. The van der Waals surface area contributed by atoms with E-state index in [-0.39, 0.29) is 18.6 Å². The monoisotopic (exact) mass is 560 g/mol. The summed E-state index contributed by atoms with van der Waals surface area (Å²) in [6, 6.07) is 0. The van der Waals surface area contributed by atoms with Gasteiger partial charge in [-0.2, -0.15) is 4.31 Å². The number of carbonyl (C=O) groups is 1. The van der Waals surface area contributed by atoms with Crippen molar-refractivity contribution in [2.24, 2.45) is 5.73 Å². The number of ether oxygens (including phenoxy) is 2. The van der Waals surface area contributed by atoms with E-state index >= 15 is 0 Å². The lowest BCUT2D eigenvalue weighted by molar-refractivity contribution is -0.115. The number of rotatable bonds is 12. The molecule has 0 aromatic carbocycles. The first-order valence-corrected chi connectivity index (χ1v) is 13.6. The average molecular weight is 560 g/mol. The number of aliphatic hydroxyl groups excluding tert-OH is 4. The Balaban J connectivity index is 1.60. The summed E-state index contributed by atoms with van der Waals surface area (Å²) < 4.78 is 60.8. The van der Waals surface area contributed by atoms with Crippen molar-refractivity contribution in [2.75, 3.05) is 34.0 Å². The quantitative estimate of drug-likeness (QED) is 0.175. The van der Waals surface area contributed by atoms with Crippen molar-refractivity contribution in [3.8, 4) is 0 Å². The van der Waals surface area contributed by atoms with Crippen molar-refractivity contribution in [3.63, 3.8) is 0 Å². The molecular weight excluding hydrogens is 530 g/mol. The number of hydrogen-bond donors (Lipinski definition) is 5. The van der Waals surface area contributed by atoms with Gasteiger partial charge in [0.2, 0.25) is 5.91 Å². The van der Waals surface area contributed by atoms with Crippen molar-refractivity contribution in [1.82, 2.24) is 4.90 Å². The maximum absolute atomic E-state index is 12.9. The minimum absolute atomic E-state index is 0.170. The van der Waals surface area contributed by atoms with E-state index < -0.39 is 77.6 Å². The third-order valence-corrected chi connectivity index (χ3v) is 8.99. The molecule has 2 unspecified atom stereocenters. The molecule has 0 aliphatic carbocycles. The van der Waals surface area contributed by atoms with E-state index in [2.05, 4.69) is 0 Å². The van der Waals surface area contributed by atoms with E-state index in [9.17, 15) is 34.4 Å². The molecule has 3 heterocycles. The van der Waals surface area contributed by atoms with Crippen LogP contribution in [0.3, 0.4) is 0 Å². The number of allylic oxidation sites excluding steroid dienone is 1. The highest BCUT2D eigenvalue weighted by molar-refractivity contribution is 7.62. The Labute approximate surface area is 206 Å². The fraction of sp³-hybridized carbons (Fsp3) is 0.722. The molecule has 0 spiro atoms. The summed E-state index contributed by atoms with van der Waals surface area (Å²) in [5.74, 6) is -0.662. The number of nitrogens with two attached hydrogens (primary N) is 1. The molecule has 0 bridgehead atoms. The number of primary amides is 1. The second-order valence-electron chi connectivity index (χ2n) is 7.96. The standard InChI is InChI=1S/C18H30N2O14P2/c1-28-35(26,31-8-12-14(22)11(21)7-30-12)34-36(27,29-2)32-9-13-15(23)16(24)18(33-13)20-5-3-4-10(6-20)17(19)25/h3,5-6,11-16,18,21-24H,4,7-9H2,1-2H3,(H2,19,25)/t11-,12+,13+,14-,15+,16+,18+,35?,36?/m0/s1. The molecule has 2 saturated heterocycles. The van der Waals surface area contributed by atoms with Gasteiger partial charge in [-0.05, 0) is 6.42 Å². The van der Waals surface area contributed by atoms with E-state index in [0.717, 1.165) is 14.2 Å². The van der Waals surface area contributed by atoms with E-state index in [0.29, 0.717) is 0 Å². The van der Waals surface area contributed by atoms with Gasteiger partial charge in [0.25, 0.3) is 0 Å². The van der Waals surface area contributed by atoms with Crippen molar-refractivity contribution < 1.29 is 66.2 Å². The second kappa shape index (κ2) is 12.1. The Morgan fingerprint density at radius 1 is 1.06 bits per heavy atom. The zero-order valence-corrected chi connectivity index (χ0v) is 21.2. The average Bonchev–Trinajstić information content (AvgIpc) is 3.34. The first kappa shape index (κ1) is 29.3. The van der Waals surface area contributed by atoms with Gasteiger partial charge in [0.1, 0.15) is 36.6 Å². The van der Waals surface area contributed by atoms with Crippen LogP contribution in [0.2, 0.25) is 0 Å². The number of phosphoric acid groups is 2. The van der Waals surface area contributed by atoms with Gasteiger partial charge in [0.15, 0.2) is 6.23 Å². The molecule has 36 heavy (non-hydrogen) atoms. The summed E-state index contributed by atoms with van der Waals surface area (Å²) in [4.78, 5) is 12.8. The molecule has 3 rings (SSSR count). The van der Waals surface area contributed by atoms with Gasteiger partial charge in [-0.25, -0.2) is 9.13 Å². The topological polar surface area (TPSA) is 226 Å². The highest BCUT2D eigenvalue weighted by atomic mass is 31.3. The van der Waals surface area contributed by atoms with E-state index in [1.807, 2.05) is 0 Å². The molecule has 0 aromatic heterocycles. The third kappa shape index (κ3) is 6.79. The van der Waals surface area contributed by atoms with E-state index in [4.69, 9.17) is 37.6 Å². The number of phosphoric ester groups is 2. The van der Waals surface area contributed by atoms with Crippen LogP contribution in [0.4, 0.5) is 0 Å². The van der Waals surface area contributed by atoms with Gasteiger partial charge >= 0.3 is 15.6 Å². The van der Waals surface area contributed by atoms with Gasteiger partial charge in [0, 0.05) is 32.2 Å². The minimum Gasteiger partial charge on any atom is -0.388 e. The predicted octanol–water partition coefficient (Wildman–Crippen LogP) is -1.30. The summed E-state index contributed by atoms with van der Waals surface area (Å²) in [7, 11) is -7.36. The maximum atomic E-state index is 12.9. The van der Waals surface area contributed by atoms with Crippen LogP contribution in [0, 0.1) is 0 Å². The molecule has 0 saturated carbocycles. The zero-order valence-electron chi connectivity index (χ0n) is 19.4. The lowest BCUT2D eigenvalue weighted by Gasteiger charge is -2.28. The lowest BCUT2D eigenvalue weighted by atomic mass is 10.1. The van der Waals surface area contributed by atoms with Crippen LogP contribution in [0.15, 0.2) is 24.0 Å². The normalized spacial score (nSPS) is 35.9. The number of hydrogen-bond acceptors (Lipinski definition) is 15. The largest absolute Gasteiger partial charge is 0.483 e. The first-order chi connectivity index (χ1) is 16.9. The minimum atomic E-state index is -4.64. The van der Waals surface area contributed by atoms with Gasteiger partial charge in [-0.1, -0.05) is 6.08 Å². The van der Waals surface area contributed by atoms with Gasteiger partial charge in [-0.15, -0.1) is 0 Å². The van der Waals surface area contributed by atoms with Crippen molar-refractivity contribution >= 4 is 21.6 Å². The molecule has 0 aromatic rings. The van der Waals surface area contributed by atoms with E-state index in [1.54, 1.807) is 6.08 Å². The second-order valence-corrected chi connectivity index (χ2v) is 11.7. The number of amides is 1. The molecule has 3 aliphatic rings. The fourth-order valence-corrected chi connectivity index (χ4v) is 6.26. The van der Waals surface area contributed by atoms with Crippen molar-refractivity contribution in [1.29, 1.82) is 0 Å². The molecule has 16 nitrogen and oxygen atoms in total. The molecule has 18 heteroatoms. The van der Waals surface area contributed by atoms with Crippen LogP contribution in [0.5, 0.6) is 0 Å². The summed E-state index contributed by atoms with van der Waals surface area (Å²) in [6.45, 7) is -1.36. The fourth-order valence-electron chi connectivity index (χ4n) is 3.50. The SMILES string of the molecule is COP(=O)(OC[C@H]1O[C@@H](N2C=CCC(C(N)=O)=C2)[C@H](O)[C@@H]1O)OP(=O)(OC)OC[C@H]1OC[C@H](O)[C@@H]1O. The molecule has 9 atom stereocenters. The Bertz CT molecular complexity index is 947. The zero-order chi connectivity index (χ0) is 26.7. The molecule has 2 fully saturated rings. The molecule has 206 valence electrons. The third-order valence-electron chi connectivity index (χ3n) is 5.57. The Morgan fingerprint density at radius 3 is 2.19 bits per heavy atom. The summed E-state index contributed by atoms with van der Waals surface area (Å²) in [5.41, 5.74) is 5.54. The van der Waals surface area contributed by atoms with Crippen LogP contribution in [-0.2, 0) is 45.8 Å². The molecule has 3 aliphatic heterocycles. The summed E-state index contributed by atoms with van der Waals surface area (Å²) in [6.07, 6.45) is -4.10. The van der Waals surface area contributed by atoms with Crippen LogP contribution in [0.1, 0.15) is 6.42 Å².